The van der Waals surface area contributed by atoms with E-state index < -0.39 is 0 Å². The molecule has 0 fully saturated rings. The lowest BCUT2D eigenvalue weighted by molar-refractivity contribution is 0.0785. The third-order valence-corrected chi connectivity index (χ3v) is 3.07. The molecule has 1 rings (SSSR count). The molecule has 0 saturated carbocycles. The minimum absolute atomic E-state index is 0.0847. The highest BCUT2D eigenvalue weighted by atomic mass is 32.1. The second-order valence-electron chi connectivity index (χ2n) is 4.38. The quantitative estimate of drug-likeness (QED) is 0.786. The third kappa shape index (κ3) is 3.40. The molecule has 1 heterocycles. The average Bonchev–Trinajstić information content (AvgIpc) is 2.27. The second kappa shape index (κ2) is 5.77. The predicted molar refractivity (Wildman–Crippen MR) is 74.7 cm³/mol. The molecule has 0 saturated heterocycles. The average molecular weight is 267 g/mol. The molecule has 0 aliphatic rings. The molecule has 1 unspecified atom stereocenters. The number of hydrogen-bond acceptors (Lipinski definition) is 3. The van der Waals surface area contributed by atoms with Crippen molar-refractivity contribution in [1.82, 2.24) is 9.88 Å². The van der Waals surface area contributed by atoms with Crippen molar-refractivity contribution in [2.75, 3.05) is 13.6 Å². The molecule has 5 nitrogen and oxygen atoms in total. The number of carbonyl (C=O) groups excluding carboxylic acids is 1. The minimum atomic E-state index is -0.334. The Bertz CT molecular complexity index is 524. The van der Waals surface area contributed by atoms with Gasteiger partial charge in [-0.2, -0.15) is 0 Å². The van der Waals surface area contributed by atoms with Crippen LogP contribution in [0.15, 0.2) is 17.1 Å². The number of aromatic amines is 1. The van der Waals surface area contributed by atoms with Crippen molar-refractivity contribution in [3.63, 3.8) is 0 Å². The highest BCUT2D eigenvalue weighted by Crippen LogP contribution is 2.03. The van der Waals surface area contributed by atoms with E-state index in [1.54, 1.807) is 14.0 Å². The van der Waals surface area contributed by atoms with Crippen LogP contribution in [0.1, 0.15) is 23.0 Å². The number of hydrogen-bond donors (Lipinski definition) is 2. The summed E-state index contributed by atoms with van der Waals surface area (Å²) in [6.45, 7) is 3.99. The Morgan fingerprint density at radius 1 is 1.61 bits per heavy atom. The second-order valence-corrected chi connectivity index (χ2v) is 4.85. The fraction of sp³-hybridized carbons (Fsp3) is 0.417. The van der Waals surface area contributed by atoms with Crippen LogP contribution in [0.25, 0.3) is 0 Å². The molecular weight excluding hydrogens is 250 g/mol. The van der Waals surface area contributed by atoms with Crippen molar-refractivity contribution in [1.29, 1.82) is 0 Å². The molecule has 1 aromatic heterocycles. The fourth-order valence-electron chi connectivity index (χ4n) is 1.53. The monoisotopic (exact) mass is 267 g/mol. The summed E-state index contributed by atoms with van der Waals surface area (Å²) in [5.41, 5.74) is 6.05. The number of carbonyl (C=O) groups is 1. The normalized spacial score (nSPS) is 11.9. The van der Waals surface area contributed by atoms with Gasteiger partial charge in [0, 0.05) is 37.5 Å². The van der Waals surface area contributed by atoms with Gasteiger partial charge in [0.15, 0.2) is 5.43 Å². The Labute approximate surface area is 111 Å². The number of nitrogens with one attached hydrogen (secondary N) is 1. The molecule has 0 aromatic carbocycles. The van der Waals surface area contributed by atoms with Crippen molar-refractivity contribution < 1.29 is 4.79 Å². The summed E-state index contributed by atoms with van der Waals surface area (Å²) >= 11 is 4.85. The van der Waals surface area contributed by atoms with Crippen molar-refractivity contribution in [3.8, 4) is 0 Å². The van der Waals surface area contributed by atoms with Crippen LogP contribution in [0.4, 0.5) is 0 Å². The Morgan fingerprint density at radius 2 is 2.22 bits per heavy atom. The highest BCUT2D eigenvalue weighted by molar-refractivity contribution is 7.80. The van der Waals surface area contributed by atoms with Gasteiger partial charge in [0.2, 0.25) is 0 Å². The standard InChI is InChI=1S/C12H17N3O2S/c1-7(11(13)18)6-15(3)12(17)9-5-14-8(2)4-10(9)16/h4-5,7H,6H2,1-3H3,(H2,13,18)(H,14,16). The molecule has 3 N–H and O–H groups in total. The smallest absolute Gasteiger partial charge is 0.259 e. The summed E-state index contributed by atoms with van der Waals surface area (Å²) in [6, 6.07) is 1.40. The van der Waals surface area contributed by atoms with E-state index in [1.165, 1.54) is 17.2 Å². The summed E-state index contributed by atoms with van der Waals surface area (Å²) in [5.74, 6) is -0.419. The molecule has 0 aliphatic heterocycles. The third-order valence-electron chi connectivity index (χ3n) is 2.67. The molecule has 0 radical (unpaired) electrons. The lowest BCUT2D eigenvalue weighted by atomic mass is 10.1. The first-order valence-electron chi connectivity index (χ1n) is 5.57. The Kier molecular flexibility index (Phi) is 4.61. The zero-order valence-corrected chi connectivity index (χ0v) is 11.5. The predicted octanol–water partition coefficient (Wildman–Crippen LogP) is 0.678. The summed E-state index contributed by atoms with van der Waals surface area (Å²) in [4.78, 5) is 28.4. The highest BCUT2D eigenvalue weighted by Gasteiger charge is 2.18. The molecule has 98 valence electrons. The number of aryl methyl sites for hydroxylation is 1. The van der Waals surface area contributed by atoms with Gasteiger partial charge >= 0.3 is 0 Å². The minimum Gasteiger partial charge on any atom is -0.393 e. The van der Waals surface area contributed by atoms with Crippen LogP contribution >= 0.6 is 12.2 Å². The number of amides is 1. The van der Waals surface area contributed by atoms with E-state index in [0.29, 0.717) is 11.5 Å². The van der Waals surface area contributed by atoms with E-state index in [-0.39, 0.29) is 22.8 Å². The number of nitrogens with zero attached hydrogens (tertiary/aromatic N) is 1. The van der Waals surface area contributed by atoms with E-state index in [4.69, 9.17) is 18.0 Å². The maximum atomic E-state index is 12.1. The van der Waals surface area contributed by atoms with Gasteiger partial charge in [-0.1, -0.05) is 19.1 Å². The SMILES string of the molecule is Cc1cc(=O)c(C(=O)N(C)CC(C)C(N)=S)c[nH]1. The molecule has 6 heteroatoms. The van der Waals surface area contributed by atoms with Gasteiger partial charge < -0.3 is 15.6 Å². The van der Waals surface area contributed by atoms with E-state index >= 15 is 0 Å². The summed E-state index contributed by atoms with van der Waals surface area (Å²) in [5, 5.41) is 0. The summed E-state index contributed by atoms with van der Waals surface area (Å²) in [6.07, 6.45) is 1.43. The largest absolute Gasteiger partial charge is 0.393 e. The van der Waals surface area contributed by atoms with Crippen molar-refractivity contribution in [2.24, 2.45) is 11.7 Å². The zero-order chi connectivity index (χ0) is 13.9. The number of nitrogens with two attached hydrogens (primary N) is 1. The van der Waals surface area contributed by atoms with Crippen LogP contribution in [-0.2, 0) is 0 Å². The molecule has 1 amide bonds. The van der Waals surface area contributed by atoms with Gasteiger partial charge in [-0.3, -0.25) is 9.59 Å². The van der Waals surface area contributed by atoms with Crippen LogP contribution in [0.3, 0.4) is 0 Å². The summed E-state index contributed by atoms with van der Waals surface area (Å²) in [7, 11) is 1.62. The molecular formula is C12H17N3O2S. The van der Waals surface area contributed by atoms with Crippen molar-refractivity contribution in [3.05, 3.63) is 33.7 Å². The Hall–Kier alpha value is -1.69. The van der Waals surface area contributed by atoms with Crippen LogP contribution in [0, 0.1) is 12.8 Å². The van der Waals surface area contributed by atoms with Crippen LogP contribution in [0.5, 0.6) is 0 Å². The van der Waals surface area contributed by atoms with Crippen LogP contribution in [-0.4, -0.2) is 34.4 Å². The van der Waals surface area contributed by atoms with Crippen molar-refractivity contribution >= 4 is 23.1 Å². The van der Waals surface area contributed by atoms with E-state index in [9.17, 15) is 9.59 Å². The maximum absolute atomic E-state index is 12.1. The van der Waals surface area contributed by atoms with Gasteiger partial charge in [0.1, 0.15) is 5.56 Å². The molecule has 18 heavy (non-hydrogen) atoms. The maximum Gasteiger partial charge on any atom is 0.259 e. The van der Waals surface area contributed by atoms with Gasteiger partial charge in [0.05, 0.1) is 4.99 Å². The van der Waals surface area contributed by atoms with Crippen molar-refractivity contribution in [2.45, 2.75) is 13.8 Å². The number of rotatable bonds is 4. The van der Waals surface area contributed by atoms with E-state index in [0.717, 1.165) is 5.69 Å². The number of aromatic nitrogens is 1. The topological polar surface area (TPSA) is 79.2 Å². The molecule has 1 aromatic rings. The van der Waals surface area contributed by atoms with Gasteiger partial charge in [0.25, 0.3) is 5.91 Å². The summed E-state index contributed by atoms with van der Waals surface area (Å²) < 4.78 is 0. The van der Waals surface area contributed by atoms with Gasteiger partial charge in [-0.15, -0.1) is 0 Å². The first-order valence-corrected chi connectivity index (χ1v) is 5.98. The number of H-pyrrole nitrogens is 1. The molecule has 0 bridgehead atoms. The van der Waals surface area contributed by atoms with Crippen LogP contribution in [0.2, 0.25) is 0 Å². The Balaban J connectivity index is 2.87. The lowest BCUT2D eigenvalue weighted by Crippen LogP contribution is -2.37. The molecule has 1 atom stereocenters. The fourth-order valence-corrected chi connectivity index (χ4v) is 1.60. The molecule has 0 spiro atoms. The van der Waals surface area contributed by atoms with Gasteiger partial charge in [-0.25, -0.2) is 0 Å². The van der Waals surface area contributed by atoms with E-state index in [2.05, 4.69) is 4.98 Å². The van der Waals surface area contributed by atoms with Crippen LogP contribution < -0.4 is 11.2 Å². The first-order chi connectivity index (χ1) is 8.32. The Morgan fingerprint density at radius 3 is 2.72 bits per heavy atom. The van der Waals surface area contributed by atoms with Gasteiger partial charge in [-0.05, 0) is 6.92 Å². The lowest BCUT2D eigenvalue weighted by Gasteiger charge is -2.20. The zero-order valence-electron chi connectivity index (χ0n) is 10.7. The number of thiocarbonyl (C=S) groups is 1. The van der Waals surface area contributed by atoms with E-state index in [1.807, 2.05) is 6.92 Å². The molecule has 0 aliphatic carbocycles. The number of pyridine rings is 1. The first kappa shape index (κ1) is 14.4.